The summed E-state index contributed by atoms with van der Waals surface area (Å²) >= 11 is 0. The van der Waals surface area contributed by atoms with Crippen molar-refractivity contribution in [2.24, 2.45) is 0 Å². The van der Waals surface area contributed by atoms with E-state index in [1.807, 2.05) is 47.6 Å². The van der Waals surface area contributed by atoms with Crippen molar-refractivity contribution in [2.45, 2.75) is 54.4 Å². The smallest absolute Gasteiger partial charge is 0.481 e. The molecule has 0 fully saturated rings. The SMILES string of the molecule is CCC1=C(C)C2=C(c3ccc(OC)nc3)c3c(C)c(CC)c(C)n3[B-](F)(F)[N+]2=C1C. The lowest BCUT2D eigenvalue weighted by Crippen LogP contribution is -2.51. The second kappa shape index (κ2) is 6.93. The van der Waals surface area contributed by atoms with Crippen LogP contribution in [0.1, 0.15) is 62.2 Å². The highest BCUT2D eigenvalue weighted by atomic mass is 19.2. The number of methoxy groups -OCH3 is 1. The van der Waals surface area contributed by atoms with Crippen molar-refractivity contribution in [3.63, 3.8) is 0 Å². The fourth-order valence-electron chi connectivity index (χ4n) is 5.40. The molecule has 0 unspecified atom stereocenters. The Kier molecular flexibility index (Phi) is 4.75. The second-order valence-corrected chi connectivity index (χ2v) is 8.07. The van der Waals surface area contributed by atoms with Crippen LogP contribution in [0.15, 0.2) is 35.2 Å². The molecule has 158 valence electrons. The highest BCUT2D eigenvalue weighted by Gasteiger charge is 2.56. The van der Waals surface area contributed by atoms with E-state index in [1.165, 1.54) is 8.96 Å². The number of pyridine rings is 1. The Morgan fingerprint density at radius 1 is 1.10 bits per heavy atom. The van der Waals surface area contributed by atoms with Gasteiger partial charge in [0, 0.05) is 41.6 Å². The summed E-state index contributed by atoms with van der Waals surface area (Å²) in [6, 6.07) is 3.69. The summed E-state index contributed by atoms with van der Waals surface area (Å²) in [5.74, 6) is 0.500. The maximum atomic E-state index is 16.1. The third kappa shape index (κ3) is 2.50. The summed E-state index contributed by atoms with van der Waals surface area (Å²) in [5, 5.41) is 0. The van der Waals surface area contributed by atoms with Gasteiger partial charge in [-0.3, -0.25) is 0 Å². The summed E-state index contributed by atoms with van der Waals surface area (Å²) in [6.45, 7) is 7.59. The highest BCUT2D eigenvalue weighted by molar-refractivity contribution is 6.58. The Balaban J connectivity index is 2.18. The topological polar surface area (TPSA) is 30.1 Å². The Labute approximate surface area is 176 Å². The number of allylic oxidation sites excluding steroid dienone is 2. The minimum Gasteiger partial charge on any atom is -0.481 e. The number of ether oxygens (including phenoxy) is 1. The lowest BCUT2D eigenvalue weighted by Gasteiger charge is -2.34. The summed E-state index contributed by atoms with van der Waals surface area (Å²) < 4.78 is 40.0. The Morgan fingerprint density at radius 3 is 2.33 bits per heavy atom. The van der Waals surface area contributed by atoms with Gasteiger partial charge < -0.3 is 22.3 Å². The molecule has 0 saturated carbocycles. The van der Waals surface area contributed by atoms with Crippen molar-refractivity contribution < 1.29 is 17.9 Å². The van der Waals surface area contributed by atoms with E-state index in [1.54, 1.807) is 19.4 Å². The van der Waals surface area contributed by atoms with Crippen molar-refractivity contribution >= 4 is 18.3 Å². The molecule has 0 N–H and O–H groups in total. The van der Waals surface area contributed by atoms with Gasteiger partial charge in [0.1, 0.15) is 5.71 Å². The van der Waals surface area contributed by atoms with Crippen LogP contribution >= 0.6 is 0 Å². The second-order valence-electron chi connectivity index (χ2n) is 8.07. The van der Waals surface area contributed by atoms with Crippen molar-refractivity contribution in [3.8, 4) is 5.88 Å². The van der Waals surface area contributed by atoms with Crippen molar-refractivity contribution in [3.05, 3.63) is 63.3 Å². The first-order chi connectivity index (χ1) is 14.2. The molecule has 0 spiro atoms. The molecule has 4 heterocycles. The van der Waals surface area contributed by atoms with Gasteiger partial charge >= 0.3 is 6.97 Å². The minimum atomic E-state index is -4.00. The van der Waals surface area contributed by atoms with Gasteiger partial charge in [-0.05, 0) is 56.5 Å². The van der Waals surface area contributed by atoms with Gasteiger partial charge in [-0.15, -0.1) is 0 Å². The molecule has 0 amide bonds. The predicted octanol–water partition coefficient (Wildman–Crippen LogP) is 5.28. The van der Waals surface area contributed by atoms with Crippen LogP contribution in [0, 0.1) is 13.8 Å². The first kappa shape index (κ1) is 20.6. The lowest BCUT2D eigenvalue weighted by atomic mass is 9.84. The molecule has 2 aliphatic rings. The molecule has 2 aromatic heterocycles. The average Bonchev–Trinajstić information content (AvgIpc) is 3.13. The first-order valence-electron chi connectivity index (χ1n) is 10.5. The summed E-state index contributed by atoms with van der Waals surface area (Å²) in [4.78, 5) is 4.37. The van der Waals surface area contributed by atoms with E-state index in [2.05, 4.69) is 4.98 Å². The van der Waals surface area contributed by atoms with E-state index in [4.69, 9.17) is 4.74 Å². The van der Waals surface area contributed by atoms with E-state index in [0.717, 1.165) is 33.4 Å². The number of aromatic nitrogens is 2. The zero-order chi connectivity index (χ0) is 22.0. The van der Waals surface area contributed by atoms with E-state index in [9.17, 15) is 0 Å². The predicted molar refractivity (Wildman–Crippen MR) is 117 cm³/mol. The summed E-state index contributed by atoms with van der Waals surface area (Å²) in [5.41, 5.74) is 7.95. The molecule has 7 heteroatoms. The number of fused-ring (bicyclic) bond motifs is 2. The van der Waals surface area contributed by atoms with Gasteiger partial charge in [0.2, 0.25) is 5.88 Å². The van der Waals surface area contributed by atoms with Crippen LogP contribution in [0.3, 0.4) is 0 Å². The number of hydrogen-bond donors (Lipinski definition) is 0. The van der Waals surface area contributed by atoms with E-state index in [-0.39, 0.29) is 0 Å². The van der Waals surface area contributed by atoms with Gasteiger partial charge in [-0.1, -0.05) is 13.8 Å². The van der Waals surface area contributed by atoms with Crippen LogP contribution < -0.4 is 4.74 Å². The molecular formula is C23H28BF2N3O. The number of nitrogens with zero attached hydrogens (tertiary/aromatic N) is 3. The largest absolute Gasteiger partial charge is 0.737 e. The van der Waals surface area contributed by atoms with Gasteiger partial charge in [-0.25, -0.2) is 4.98 Å². The Bertz CT molecular complexity index is 1150. The van der Waals surface area contributed by atoms with Crippen molar-refractivity contribution in [1.82, 2.24) is 9.46 Å². The molecule has 2 aliphatic heterocycles. The third-order valence-electron chi connectivity index (χ3n) is 6.73. The Morgan fingerprint density at radius 2 is 1.80 bits per heavy atom. The molecule has 0 aliphatic carbocycles. The molecule has 4 rings (SSSR count). The van der Waals surface area contributed by atoms with E-state index >= 15 is 8.63 Å². The standard InChI is InChI=1S/C23H28BF2N3O/c1-8-18-13(3)22-21(17-10-11-20(30-7)27-12-17)23-14(4)19(9-2)16(6)29(23)24(25,26)28(22)15(18)5/h10-12H,8-9H2,1-7H3. The fourth-order valence-corrected chi connectivity index (χ4v) is 5.40. The molecule has 0 saturated heterocycles. The molecule has 30 heavy (non-hydrogen) atoms. The van der Waals surface area contributed by atoms with Gasteiger partial charge in [0.25, 0.3) is 0 Å². The monoisotopic (exact) mass is 411 g/mol. The van der Waals surface area contributed by atoms with Crippen molar-refractivity contribution in [1.29, 1.82) is 0 Å². The van der Waals surface area contributed by atoms with Crippen molar-refractivity contribution in [2.75, 3.05) is 7.11 Å². The number of hydrogen-bond acceptors (Lipinski definition) is 2. The zero-order valence-electron chi connectivity index (χ0n) is 18.7. The van der Waals surface area contributed by atoms with Gasteiger partial charge in [0.15, 0.2) is 5.70 Å². The molecule has 0 atom stereocenters. The molecule has 0 aromatic carbocycles. The molecule has 4 nitrogen and oxygen atoms in total. The quantitative estimate of drug-likeness (QED) is 0.641. The van der Waals surface area contributed by atoms with E-state index < -0.39 is 6.97 Å². The van der Waals surface area contributed by atoms with Crippen LogP contribution in [-0.2, 0) is 6.42 Å². The average molecular weight is 411 g/mol. The lowest BCUT2D eigenvalue weighted by molar-refractivity contribution is -0.363. The molecule has 0 radical (unpaired) electrons. The van der Waals surface area contributed by atoms with Gasteiger partial charge in [0.05, 0.1) is 12.7 Å². The van der Waals surface area contributed by atoms with Crippen LogP contribution in [0.5, 0.6) is 5.88 Å². The zero-order valence-corrected chi connectivity index (χ0v) is 18.7. The summed E-state index contributed by atoms with van der Waals surface area (Å²) in [7, 11) is 1.57. The summed E-state index contributed by atoms with van der Waals surface area (Å²) in [6.07, 6.45) is 3.15. The number of halogens is 2. The molecule has 0 bridgehead atoms. The fraction of sp³-hybridized carbons (Fsp3) is 0.391. The maximum absolute atomic E-state index is 16.1. The molecule has 2 aromatic rings. The Hall–Kier alpha value is -2.70. The van der Waals surface area contributed by atoms with Crippen LogP contribution in [0.2, 0.25) is 0 Å². The minimum absolute atomic E-state index is 0.500. The first-order valence-corrected chi connectivity index (χ1v) is 10.5. The number of rotatable bonds is 4. The van der Waals surface area contributed by atoms with E-state index in [0.29, 0.717) is 41.5 Å². The van der Waals surface area contributed by atoms with Crippen LogP contribution in [-0.4, -0.2) is 33.7 Å². The van der Waals surface area contributed by atoms with Gasteiger partial charge in [-0.2, -0.15) is 0 Å². The third-order valence-corrected chi connectivity index (χ3v) is 6.73. The highest BCUT2D eigenvalue weighted by Crippen LogP contribution is 2.47. The molecular weight excluding hydrogens is 383 g/mol. The van der Waals surface area contributed by atoms with Crippen LogP contribution in [0.4, 0.5) is 8.63 Å². The van der Waals surface area contributed by atoms with Crippen LogP contribution in [0.25, 0.3) is 5.57 Å². The maximum Gasteiger partial charge on any atom is 0.737 e. The normalized spacial score (nSPS) is 17.6.